The van der Waals surface area contributed by atoms with E-state index in [1.807, 2.05) is 0 Å². The van der Waals surface area contributed by atoms with E-state index >= 15 is 0 Å². The fourth-order valence-electron chi connectivity index (χ4n) is 5.79. The van der Waals surface area contributed by atoms with Crippen LogP contribution >= 0.6 is 0 Å². The van der Waals surface area contributed by atoms with Crippen molar-refractivity contribution < 1.29 is 0 Å². The van der Waals surface area contributed by atoms with Gasteiger partial charge in [0, 0.05) is 16.6 Å². The minimum atomic E-state index is 0.0655. The third-order valence-electron chi connectivity index (χ3n) is 6.93. The molecule has 32 heavy (non-hydrogen) atoms. The molecule has 2 heterocycles. The summed E-state index contributed by atoms with van der Waals surface area (Å²) in [5, 5.41) is 5.23. The molecule has 4 heteroatoms. The molecule has 0 N–H and O–H groups in total. The van der Waals surface area contributed by atoms with Crippen molar-refractivity contribution in [3.63, 3.8) is 0 Å². The Bertz CT molecular complexity index is 1280. The lowest BCUT2D eigenvalue weighted by Gasteiger charge is -2.47. The number of hydrogen-bond acceptors (Lipinski definition) is 3. The molecule has 0 spiro atoms. The molecule has 0 radical (unpaired) electrons. The lowest BCUT2D eigenvalue weighted by atomic mass is 9.48. The number of hydrazine groups is 1. The van der Waals surface area contributed by atoms with E-state index in [1.165, 1.54) is 38.7 Å². The number of anilines is 3. The van der Waals surface area contributed by atoms with Gasteiger partial charge in [0.2, 0.25) is 0 Å². The van der Waals surface area contributed by atoms with Gasteiger partial charge in [0.25, 0.3) is 0 Å². The van der Waals surface area contributed by atoms with Gasteiger partial charge < -0.3 is 9.82 Å². The Labute approximate surface area is 192 Å². The predicted octanol–water partition coefficient (Wildman–Crippen LogP) is 5.41. The number of fused-ring (bicyclic) bond motifs is 2. The smallest absolute Gasteiger partial charge is 0.307 e. The SMILES string of the molecule is CB1C(C(C)(C)C)=c2ccccc2=C(C)N1N1c2ccccc2N(c2ccccc2)[C@@H]1C. The highest BCUT2D eigenvalue weighted by atomic mass is 15.7. The first-order valence-electron chi connectivity index (χ1n) is 11.6. The second kappa shape index (κ2) is 7.48. The number of para-hydroxylation sites is 3. The quantitative estimate of drug-likeness (QED) is 0.513. The molecule has 2 aliphatic rings. The van der Waals surface area contributed by atoms with Gasteiger partial charge in [-0.2, -0.15) is 0 Å². The van der Waals surface area contributed by atoms with Gasteiger partial charge in [0.15, 0.2) is 0 Å². The summed E-state index contributed by atoms with van der Waals surface area (Å²) >= 11 is 0. The first kappa shape index (κ1) is 20.8. The second-order valence-electron chi connectivity index (χ2n) is 9.99. The Morgan fingerprint density at radius 3 is 1.97 bits per heavy atom. The molecular formula is C28H32BN3. The fraction of sp³-hybridized carbons (Fsp3) is 0.286. The molecule has 0 saturated carbocycles. The maximum Gasteiger partial charge on any atom is 0.307 e. The minimum absolute atomic E-state index is 0.0655. The largest absolute Gasteiger partial charge is 0.326 e. The minimum Gasteiger partial charge on any atom is -0.326 e. The van der Waals surface area contributed by atoms with Crippen LogP contribution in [0.25, 0.3) is 11.2 Å². The van der Waals surface area contributed by atoms with Gasteiger partial charge in [-0.15, -0.1) is 0 Å². The van der Waals surface area contributed by atoms with E-state index in [0.717, 1.165) is 0 Å². The molecule has 5 rings (SSSR count). The van der Waals surface area contributed by atoms with E-state index in [0.29, 0.717) is 0 Å². The third kappa shape index (κ3) is 3.04. The van der Waals surface area contributed by atoms with Crippen molar-refractivity contribution in [2.45, 2.75) is 47.6 Å². The molecule has 3 nitrogen and oxygen atoms in total. The monoisotopic (exact) mass is 421 g/mol. The summed E-state index contributed by atoms with van der Waals surface area (Å²) in [7, 11) is 0. The zero-order valence-electron chi connectivity index (χ0n) is 20.0. The van der Waals surface area contributed by atoms with Gasteiger partial charge in [0.05, 0.1) is 11.4 Å². The summed E-state index contributed by atoms with van der Waals surface area (Å²) in [5.41, 5.74) is 6.58. The van der Waals surface area contributed by atoms with Crippen molar-refractivity contribution in [3.05, 3.63) is 89.3 Å². The van der Waals surface area contributed by atoms with Crippen LogP contribution < -0.4 is 20.3 Å². The van der Waals surface area contributed by atoms with Crippen LogP contribution in [0, 0.1) is 5.41 Å². The molecule has 162 valence electrons. The summed E-state index contributed by atoms with van der Waals surface area (Å²) in [6.07, 6.45) is 0.152. The van der Waals surface area contributed by atoms with Crippen LogP contribution in [0.1, 0.15) is 34.6 Å². The van der Waals surface area contributed by atoms with Crippen molar-refractivity contribution in [1.82, 2.24) is 4.92 Å². The van der Waals surface area contributed by atoms with Gasteiger partial charge in [0.1, 0.15) is 6.17 Å². The van der Waals surface area contributed by atoms with Gasteiger partial charge in [-0.25, -0.2) is 0 Å². The Morgan fingerprint density at radius 2 is 1.31 bits per heavy atom. The first-order valence-corrected chi connectivity index (χ1v) is 11.6. The molecular weight excluding hydrogens is 389 g/mol. The second-order valence-corrected chi connectivity index (χ2v) is 9.99. The van der Waals surface area contributed by atoms with E-state index in [9.17, 15) is 0 Å². The fourth-order valence-corrected chi connectivity index (χ4v) is 5.79. The van der Waals surface area contributed by atoms with Crippen LogP contribution in [-0.2, 0) is 0 Å². The van der Waals surface area contributed by atoms with E-state index in [4.69, 9.17) is 0 Å². The van der Waals surface area contributed by atoms with Crippen molar-refractivity contribution in [1.29, 1.82) is 0 Å². The highest BCUT2D eigenvalue weighted by Gasteiger charge is 2.43. The van der Waals surface area contributed by atoms with Gasteiger partial charge in [-0.3, -0.25) is 5.01 Å². The Kier molecular flexibility index (Phi) is 4.85. The van der Waals surface area contributed by atoms with E-state index in [-0.39, 0.29) is 18.4 Å². The van der Waals surface area contributed by atoms with Crippen LogP contribution in [-0.4, -0.2) is 17.9 Å². The number of benzene rings is 3. The first-order chi connectivity index (χ1) is 15.3. The molecule has 0 unspecified atom stereocenters. The summed E-state index contributed by atoms with van der Waals surface area (Å²) in [5.74, 6) is 0. The van der Waals surface area contributed by atoms with E-state index in [1.54, 1.807) is 0 Å². The van der Waals surface area contributed by atoms with Crippen LogP contribution in [0.4, 0.5) is 17.1 Å². The highest BCUT2D eigenvalue weighted by Crippen LogP contribution is 2.46. The average molecular weight is 421 g/mol. The highest BCUT2D eigenvalue weighted by molar-refractivity contribution is 6.75. The molecule has 0 aliphatic carbocycles. The standard InChI is InChI=1S/C28H32BN3/c1-20-23-16-10-11-17-24(23)27(28(3,4)5)29(6)32(20)31-21(2)30(22-14-8-7-9-15-22)25-18-12-13-19-26(25)31/h7-19,21H,1-6H3/t21-/m0/s1. The van der Waals surface area contributed by atoms with Crippen LogP contribution in [0.3, 0.4) is 0 Å². The van der Waals surface area contributed by atoms with E-state index < -0.39 is 0 Å². The van der Waals surface area contributed by atoms with Crippen molar-refractivity contribution in [3.8, 4) is 0 Å². The summed E-state index contributed by atoms with van der Waals surface area (Å²) < 4.78 is 0. The zero-order valence-corrected chi connectivity index (χ0v) is 20.0. The Balaban J connectivity index is 1.73. The van der Waals surface area contributed by atoms with Crippen molar-refractivity contribution >= 4 is 35.1 Å². The summed E-state index contributed by atoms with van der Waals surface area (Å²) in [6, 6.07) is 28.4. The number of hydrogen-bond donors (Lipinski definition) is 0. The van der Waals surface area contributed by atoms with Gasteiger partial charge in [-0.1, -0.05) is 87.7 Å². The number of rotatable bonds is 2. The van der Waals surface area contributed by atoms with Gasteiger partial charge in [-0.05, 0) is 48.7 Å². The predicted molar refractivity (Wildman–Crippen MR) is 138 cm³/mol. The van der Waals surface area contributed by atoms with Crippen molar-refractivity contribution in [2.24, 2.45) is 5.41 Å². The summed E-state index contributed by atoms with van der Waals surface area (Å²) in [4.78, 5) is 4.99. The van der Waals surface area contributed by atoms with Crippen LogP contribution in [0.15, 0.2) is 78.9 Å². The van der Waals surface area contributed by atoms with Crippen LogP contribution in [0.2, 0.25) is 6.82 Å². The molecule has 0 saturated heterocycles. The molecule has 2 aliphatic heterocycles. The molecule has 0 bridgehead atoms. The molecule has 0 amide bonds. The normalized spacial score (nSPS) is 18.2. The van der Waals surface area contributed by atoms with Gasteiger partial charge >= 0.3 is 6.85 Å². The molecule has 1 atom stereocenters. The molecule has 3 aromatic carbocycles. The van der Waals surface area contributed by atoms with Crippen LogP contribution in [0.5, 0.6) is 0 Å². The van der Waals surface area contributed by atoms with Crippen molar-refractivity contribution in [2.75, 3.05) is 9.91 Å². The average Bonchev–Trinajstić information content (AvgIpc) is 3.05. The Hall–Kier alpha value is -3.14. The molecule has 0 aromatic heterocycles. The zero-order chi connectivity index (χ0) is 22.6. The lowest BCUT2D eigenvalue weighted by Crippen LogP contribution is -2.60. The molecule has 3 aromatic rings. The topological polar surface area (TPSA) is 9.72 Å². The third-order valence-corrected chi connectivity index (χ3v) is 6.93. The Morgan fingerprint density at radius 1 is 0.750 bits per heavy atom. The van der Waals surface area contributed by atoms with E-state index in [2.05, 4.69) is 135 Å². The molecule has 0 fully saturated rings. The maximum absolute atomic E-state index is 2.54. The number of nitrogens with zero attached hydrogens (tertiary/aromatic N) is 3. The maximum atomic E-state index is 2.54. The summed E-state index contributed by atoms with van der Waals surface area (Å²) in [6.45, 7) is 14.2. The lowest BCUT2D eigenvalue weighted by molar-refractivity contribution is 0.473.